The monoisotopic (exact) mass is 368 g/mol. The summed E-state index contributed by atoms with van der Waals surface area (Å²) in [6.07, 6.45) is 11.2. The van der Waals surface area contributed by atoms with Crippen LogP contribution in [0.25, 0.3) is 6.08 Å². The Morgan fingerprint density at radius 1 is 1.35 bits per heavy atom. The van der Waals surface area contributed by atoms with Crippen molar-refractivity contribution in [1.82, 2.24) is 10.3 Å². The first-order chi connectivity index (χ1) is 12.7. The molecule has 0 saturated carbocycles. The molecule has 136 valence electrons. The molecule has 1 aliphatic rings. The van der Waals surface area contributed by atoms with Crippen LogP contribution in [0.5, 0.6) is 5.75 Å². The second kappa shape index (κ2) is 9.34. The number of hydrogen-bond acceptors (Lipinski definition) is 4. The minimum absolute atomic E-state index is 0.0428. The highest BCUT2D eigenvalue weighted by Crippen LogP contribution is 2.17. The summed E-state index contributed by atoms with van der Waals surface area (Å²) in [5.74, 6) is 1.32. The van der Waals surface area contributed by atoms with Gasteiger partial charge in [0, 0.05) is 18.0 Å². The number of nitrogens with one attached hydrogen (secondary N) is 1. The van der Waals surface area contributed by atoms with Crippen LogP contribution in [0.15, 0.2) is 47.9 Å². The molecule has 0 saturated heterocycles. The molecular formula is C21H24N2O2S. The third-order valence-corrected chi connectivity index (χ3v) is 5.13. The number of carbonyl (C=O) groups is 1. The first kappa shape index (κ1) is 18.4. The number of aromatic nitrogens is 1. The molecule has 1 N–H and O–H groups in total. The van der Waals surface area contributed by atoms with Gasteiger partial charge in [0.1, 0.15) is 12.4 Å². The molecule has 1 aromatic heterocycles. The van der Waals surface area contributed by atoms with Crippen LogP contribution in [0.1, 0.15) is 35.5 Å². The third kappa shape index (κ3) is 5.85. The Morgan fingerprint density at radius 2 is 2.19 bits per heavy atom. The Hall–Kier alpha value is -2.40. The normalized spacial score (nSPS) is 16.7. The summed E-state index contributed by atoms with van der Waals surface area (Å²) in [5.41, 5.74) is 1.92. The number of benzene rings is 1. The summed E-state index contributed by atoms with van der Waals surface area (Å²) in [7, 11) is 0. The van der Waals surface area contributed by atoms with E-state index in [2.05, 4.69) is 22.5 Å². The molecule has 26 heavy (non-hydrogen) atoms. The van der Waals surface area contributed by atoms with E-state index in [1.807, 2.05) is 42.6 Å². The minimum Gasteiger partial charge on any atom is -0.487 e. The van der Waals surface area contributed by atoms with Gasteiger partial charge in [0.25, 0.3) is 0 Å². The van der Waals surface area contributed by atoms with Gasteiger partial charge in [0.05, 0.1) is 10.7 Å². The van der Waals surface area contributed by atoms with Crippen molar-refractivity contribution < 1.29 is 9.53 Å². The highest BCUT2D eigenvalue weighted by atomic mass is 32.1. The molecule has 0 aliphatic heterocycles. The molecule has 0 bridgehead atoms. The van der Waals surface area contributed by atoms with Crippen LogP contribution >= 0.6 is 11.3 Å². The lowest BCUT2D eigenvalue weighted by Crippen LogP contribution is -2.28. The smallest absolute Gasteiger partial charge is 0.244 e. The summed E-state index contributed by atoms with van der Waals surface area (Å²) >= 11 is 1.62. The summed E-state index contributed by atoms with van der Waals surface area (Å²) in [6.45, 7) is 3.20. The fourth-order valence-corrected chi connectivity index (χ4v) is 3.42. The largest absolute Gasteiger partial charge is 0.487 e. The van der Waals surface area contributed by atoms with E-state index in [0.29, 0.717) is 12.5 Å². The number of carbonyl (C=O) groups excluding carboxylic acids is 1. The summed E-state index contributed by atoms with van der Waals surface area (Å²) < 4.78 is 5.73. The van der Waals surface area contributed by atoms with Crippen molar-refractivity contribution in [2.75, 3.05) is 6.54 Å². The SMILES string of the molecule is Cc1nc(COc2ccc(/C=C/C(=O)NCC3CC=CCC3)cc2)cs1. The number of aryl methyl sites for hydroxylation is 1. The van der Waals surface area contributed by atoms with Crippen LogP contribution < -0.4 is 10.1 Å². The van der Waals surface area contributed by atoms with E-state index >= 15 is 0 Å². The van der Waals surface area contributed by atoms with E-state index in [9.17, 15) is 4.79 Å². The van der Waals surface area contributed by atoms with Gasteiger partial charge in [-0.3, -0.25) is 4.79 Å². The summed E-state index contributed by atoms with van der Waals surface area (Å²) in [4.78, 5) is 16.3. The third-order valence-electron chi connectivity index (χ3n) is 4.30. The fraction of sp³-hybridized carbons (Fsp3) is 0.333. The van der Waals surface area contributed by atoms with Crippen molar-refractivity contribution >= 4 is 23.3 Å². The van der Waals surface area contributed by atoms with E-state index in [-0.39, 0.29) is 5.91 Å². The maximum absolute atomic E-state index is 11.9. The zero-order valence-electron chi connectivity index (χ0n) is 15.0. The first-order valence-electron chi connectivity index (χ1n) is 8.94. The van der Waals surface area contributed by atoms with Crippen molar-refractivity contribution in [2.24, 2.45) is 5.92 Å². The highest BCUT2D eigenvalue weighted by molar-refractivity contribution is 7.09. The van der Waals surface area contributed by atoms with Crippen LogP contribution in [0.2, 0.25) is 0 Å². The van der Waals surface area contributed by atoms with Crippen LogP contribution in [0, 0.1) is 12.8 Å². The number of hydrogen-bond donors (Lipinski definition) is 1. The van der Waals surface area contributed by atoms with Crippen molar-refractivity contribution in [2.45, 2.75) is 32.8 Å². The van der Waals surface area contributed by atoms with Crippen molar-refractivity contribution in [1.29, 1.82) is 0 Å². The van der Waals surface area contributed by atoms with Gasteiger partial charge in [-0.05, 0) is 55.9 Å². The van der Waals surface area contributed by atoms with Gasteiger partial charge in [-0.25, -0.2) is 4.98 Å². The van der Waals surface area contributed by atoms with E-state index in [0.717, 1.165) is 47.8 Å². The molecule has 1 aromatic carbocycles. The van der Waals surface area contributed by atoms with Crippen LogP contribution in [-0.2, 0) is 11.4 Å². The lowest BCUT2D eigenvalue weighted by atomic mass is 9.94. The highest BCUT2D eigenvalue weighted by Gasteiger charge is 2.10. The zero-order valence-corrected chi connectivity index (χ0v) is 15.8. The number of thiazole rings is 1. The fourth-order valence-electron chi connectivity index (χ4n) is 2.82. The summed E-state index contributed by atoms with van der Waals surface area (Å²) in [6, 6.07) is 7.70. The molecule has 0 fully saturated rings. The van der Waals surface area contributed by atoms with Crippen molar-refractivity contribution in [3.8, 4) is 5.75 Å². The molecule has 1 aliphatic carbocycles. The molecule has 1 heterocycles. The van der Waals surface area contributed by atoms with Gasteiger partial charge in [0.15, 0.2) is 0 Å². The Balaban J connectivity index is 1.43. The molecule has 3 rings (SSSR count). The standard InChI is InChI=1S/C21H24N2O2S/c1-16-23-19(15-26-16)14-25-20-10-7-17(8-11-20)9-12-21(24)22-13-18-5-3-2-4-6-18/h2-3,7-12,15,18H,4-6,13-14H2,1H3,(H,22,24)/b12-9+. The molecule has 4 nitrogen and oxygen atoms in total. The number of allylic oxidation sites excluding steroid dienone is 2. The van der Waals surface area contributed by atoms with Crippen molar-refractivity contribution in [3.63, 3.8) is 0 Å². The topological polar surface area (TPSA) is 51.2 Å². The van der Waals surface area contributed by atoms with E-state index in [4.69, 9.17) is 4.74 Å². The molecule has 5 heteroatoms. The molecule has 2 aromatic rings. The Morgan fingerprint density at radius 3 is 2.88 bits per heavy atom. The summed E-state index contributed by atoms with van der Waals surface area (Å²) in [5, 5.41) is 6.04. The lowest BCUT2D eigenvalue weighted by molar-refractivity contribution is -0.116. The second-order valence-electron chi connectivity index (χ2n) is 6.44. The predicted molar refractivity (Wildman–Crippen MR) is 106 cm³/mol. The Bertz CT molecular complexity index is 778. The van der Waals surface area contributed by atoms with Crippen LogP contribution in [0.4, 0.5) is 0 Å². The molecule has 0 spiro atoms. The van der Waals surface area contributed by atoms with Gasteiger partial charge in [-0.2, -0.15) is 0 Å². The van der Waals surface area contributed by atoms with Gasteiger partial charge in [0.2, 0.25) is 5.91 Å². The van der Waals surface area contributed by atoms with Gasteiger partial charge < -0.3 is 10.1 Å². The van der Waals surface area contributed by atoms with Gasteiger partial charge in [-0.15, -0.1) is 11.3 Å². The molecule has 1 atom stereocenters. The van der Waals surface area contributed by atoms with Gasteiger partial charge in [-0.1, -0.05) is 24.3 Å². The van der Waals surface area contributed by atoms with Gasteiger partial charge >= 0.3 is 0 Å². The van der Waals surface area contributed by atoms with E-state index < -0.39 is 0 Å². The number of ether oxygens (including phenoxy) is 1. The first-order valence-corrected chi connectivity index (χ1v) is 9.82. The number of rotatable bonds is 7. The molecule has 1 unspecified atom stereocenters. The average molecular weight is 369 g/mol. The van der Waals surface area contributed by atoms with E-state index in [1.54, 1.807) is 17.4 Å². The van der Waals surface area contributed by atoms with Crippen LogP contribution in [0.3, 0.4) is 0 Å². The van der Waals surface area contributed by atoms with Crippen molar-refractivity contribution in [3.05, 3.63) is 64.1 Å². The Labute approximate surface area is 158 Å². The lowest BCUT2D eigenvalue weighted by Gasteiger charge is -2.17. The van der Waals surface area contributed by atoms with Crippen LogP contribution in [-0.4, -0.2) is 17.4 Å². The average Bonchev–Trinajstić information content (AvgIpc) is 3.10. The predicted octanol–water partition coefficient (Wildman–Crippen LogP) is 4.52. The number of nitrogens with zero attached hydrogens (tertiary/aromatic N) is 1. The zero-order chi connectivity index (χ0) is 18.2. The molecular weight excluding hydrogens is 344 g/mol. The molecule has 1 amide bonds. The maximum atomic E-state index is 11.9. The molecule has 0 radical (unpaired) electrons. The van der Waals surface area contributed by atoms with E-state index in [1.165, 1.54) is 0 Å². The minimum atomic E-state index is -0.0428. The second-order valence-corrected chi connectivity index (χ2v) is 7.51. The maximum Gasteiger partial charge on any atom is 0.244 e. The number of amides is 1. The quantitative estimate of drug-likeness (QED) is 0.578. The Kier molecular flexibility index (Phi) is 6.61.